The van der Waals surface area contributed by atoms with Crippen LogP contribution in [-0.4, -0.2) is 57.8 Å². The van der Waals surface area contributed by atoms with Gasteiger partial charge in [-0.3, -0.25) is 9.59 Å². The standard InChI is InChI=1S/C20H21F4NO3.C19H19F4NO3/c1-18(2,15-11-13(21)9-10-16(15)28-3)12-19(27,20(22,23)24)17(26)25-14-7-5-4-6-8-14;1-17(2,14-10-12(20)8-9-15(14)25)11-18(27,19(21,22)23)16(26)24-13-6-4-3-5-7-13/h4-11,27H,12H2,1-3H3,(H,25,26);3-10,25,27H,11H2,1-2H3,(H,24,26). The van der Waals surface area contributed by atoms with Gasteiger partial charge in [-0.2, -0.15) is 26.3 Å². The summed E-state index contributed by atoms with van der Waals surface area (Å²) in [4.78, 5) is 24.7. The topological polar surface area (TPSA) is 128 Å². The summed E-state index contributed by atoms with van der Waals surface area (Å²) in [5, 5.41) is 34.8. The van der Waals surface area contributed by atoms with Gasteiger partial charge >= 0.3 is 12.4 Å². The quantitative estimate of drug-likeness (QED) is 0.0971. The van der Waals surface area contributed by atoms with Crippen molar-refractivity contribution in [2.24, 2.45) is 0 Å². The maximum atomic E-state index is 13.7. The molecule has 0 bridgehead atoms. The molecule has 0 saturated heterocycles. The first-order valence-electron chi connectivity index (χ1n) is 16.4. The molecule has 2 unspecified atom stereocenters. The minimum Gasteiger partial charge on any atom is -0.508 e. The van der Waals surface area contributed by atoms with E-state index in [1.54, 1.807) is 12.1 Å². The van der Waals surface area contributed by atoms with Gasteiger partial charge < -0.3 is 30.7 Å². The summed E-state index contributed by atoms with van der Waals surface area (Å²) in [6.07, 6.45) is -12.7. The van der Waals surface area contributed by atoms with Gasteiger partial charge in [0.1, 0.15) is 23.1 Å². The molecule has 55 heavy (non-hydrogen) atoms. The first kappa shape index (κ1) is 44.2. The molecule has 4 rings (SSSR count). The number of rotatable bonds is 11. The number of anilines is 2. The van der Waals surface area contributed by atoms with Crippen LogP contribution in [-0.2, 0) is 20.4 Å². The number of halogens is 8. The third-order valence-electron chi connectivity index (χ3n) is 8.73. The van der Waals surface area contributed by atoms with Crippen molar-refractivity contribution in [1.29, 1.82) is 0 Å². The number of benzene rings is 4. The highest BCUT2D eigenvalue weighted by atomic mass is 19.4. The van der Waals surface area contributed by atoms with E-state index in [4.69, 9.17) is 4.74 Å². The van der Waals surface area contributed by atoms with Crippen molar-refractivity contribution in [3.05, 3.63) is 120 Å². The molecule has 4 aromatic carbocycles. The van der Waals surface area contributed by atoms with E-state index in [2.05, 4.69) is 5.32 Å². The van der Waals surface area contributed by atoms with E-state index in [1.807, 2.05) is 5.32 Å². The fourth-order valence-electron chi connectivity index (χ4n) is 5.86. The van der Waals surface area contributed by atoms with Gasteiger partial charge in [0, 0.05) is 35.3 Å². The Morgan fingerprint density at radius 2 is 0.964 bits per heavy atom. The van der Waals surface area contributed by atoms with Crippen LogP contribution in [0.25, 0.3) is 0 Å². The number of phenolic OH excluding ortho intramolecular Hbond substituents is 1. The van der Waals surface area contributed by atoms with Crippen LogP contribution in [0.4, 0.5) is 46.5 Å². The fraction of sp³-hybridized carbons (Fsp3) is 0.333. The summed E-state index contributed by atoms with van der Waals surface area (Å²) in [6.45, 7) is 5.29. The van der Waals surface area contributed by atoms with Gasteiger partial charge in [0.05, 0.1) is 7.11 Å². The second-order valence-electron chi connectivity index (χ2n) is 14.0. The molecule has 2 amide bonds. The Hall–Kier alpha value is -5.22. The number of phenols is 1. The van der Waals surface area contributed by atoms with Crippen LogP contribution in [0.5, 0.6) is 11.5 Å². The van der Waals surface area contributed by atoms with Gasteiger partial charge in [-0.25, -0.2) is 8.78 Å². The highest BCUT2D eigenvalue weighted by Crippen LogP contribution is 2.45. The van der Waals surface area contributed by atoms with Crippen LogP contribution in [0.3, 0.4) is 0 Å². The Bertz CT molecular complexity index is 1940. The largest absolute Gasteiger partial charge is 0.508 e. The second-order valence-corrected chi connectivity index (χ2v) is 14.0. The number of para-hydroxylation sites is 2. The minimum atomic E-state index is -5.30. The number of amides is 2. The number of ether oxygens (including phenoxy) is 1. The van der Waals surface area contributed by atoms with E-state index in [0.717, 1.165) is 30.3 Å². The summed E-state index contributed by atoms with van der Waals surface area (Å²) in [5.41, 5.74) is -10.4. The van der Waals surface area contributed by atoms with Gasteiger partial charge in [0.15, 0.2) is 0 Å². The molecule has 5 N–H and O–H groups in total. The number of alkyl halides is 6. The Morgan fingerprint density at radius 3 is 1.35 bits per heavy atom. The minimum absolute atomic E-state index is 0.0802. The molecule has 8 nitrogen and oxygen atoms in total. The van der Waals surface area contributed by atoms with Gasteiger partial charge in [0.25, 0.3) is 11.8 Å². The summed E-state index contributed by atoms with van der Waals surface area (Å²) in [7, 11) is 1.30. The molecule has 0 heterocycles. The Morgan fingerprint density at radius 1 is 0.600 bits per heavy atom. The first-order chi connectivity index (χ1) is 25.3. The lowest BCUT2D eigenvalue weighted by Crippen LogP contribution is -2.57. The van der Waals surface area contributed by atoms with E-state index < -0.39 is 76.4 Å². The molecule has 0 fully saturated rings. The molecule has 0 aliphatic carbocycles. The first-order valence-corrected chi connectivity index (χ1v) is 16.4. The normalized spacial score (nSPS) is 14.4. The summed E-state index contributed by atoms with van der Waals surface area (Å²) in [5.74, 6) is -5.00. The van der Waals surface area contributed by atoms with Crippen LogP contribution in [0.15, 0.2) is 97.1 Å². The Kier molecular flexibility index (Phi) is 13.4. The molecule has 298 valence electrons. The zero-order chi connectivity index (χ0) is 41.6. The zero-order valence-corrected chi connectivity index (χ0v) is 30.2. The monoisotopic (exact) mass is 784 g/mol. The SMILES string of the molecule is CC(C)(CC(O)(C(=O)Nc1ccccc1)C(F)(F)F)c1cc(F)ccc1O.COc1ccc(F)cc1C(C)(C)CC(O)(C(=O)Nc1ccccc1)C(F)(F)F. The van der Waals surface area contributed by atoms with E-state index in [0.29, 0.717) is 0 Å². The van der Waals surface area contributed by atoms with Gasteiger partial charge in [0.2, 0.25) is 11.2 Å². The van der Waals surface area contributed by atoms with Crippen LogP contribution < -0.4 is 15.4 Å². The maximum Gasteiger partial charge on any atom is 0.426 e. The molecular formula is C39H40F8N2O6. The third-order valence-corrected chi connectivity index (χ3v) is 8.73. The van der Waals surface area contributed by atoms with E-state index in [9.17, 15) is 60.0 Å². The number of aromatic hydroxyl groups is 1. The van der Waals surface area contributed by atoms with Gasteiger partial charge in [-0.15, -0.1) is 0 Å². The fourth-order valence-corrected chi connectivity index (χ4v) is 5.86. The molecule has 2 atom stereocenters. The lowest BCUT2D eigenvalue weighted by atomic mass is 9.74. The second kappa shape index (κ2) is 16.7. The van der Waals surface area contributed by atoms with E-state index >= 15 is 0 Å². The van der Waals surface area contributed by atoms with Crippen molar-refractivity contribution in [1.82, 2.24) is 0 Å². The number of hydrogen-bond donors (Lipinski definition) is 5. The predicted octanol–water partition coefficient (Wildman–Crippen LogP) is 8.57. The van der Waals surface area contributed by atoms with Crippen molar-refractivity contribution in [2.45, 2.75) is 74.9 Å². The third kappa shape index (κ3) is 10.5. The van der Waals surface area contributed by atoms with Crippen molar-refractivity contribution < 1.29 is 64.8 Å². The smallest absolute Gasteiger partial charge is 0.426 e. The molecule has 0 spiro atoms. The highest BCUT2D eigenvalue weighted by Gasteiger charge is 2.62. The Labute approximate surface area is 311 Å². The molecule has 0 saturated carbocycles. The average Bonchev–Trinajstić information content (AvgIpc) is 3.09. The number of carbonyl (C=O) groups excluding carboxylic acids is 2. The lowest BCUT2D eigenvalue weighted by Gasteiger charge is -2.37. The number of carbonyl (C=O) groups is 2. The number of nitrogens with one attached hydrogen (secondary N) is 2. The molecule has 0 aromatic heterocycles. The van der Waals surface area contributed by atoms with Crippen molar-refractivity contribution in [2.75, 3.05) is 17.7 Å². The highest BCUT2D eigenvalue weighted by molar-refractivity contribution is 5.98. The molecule has 0 aliphatic rings. The number of hydrogen-bond acceptors (Lipinski definition) is 6. The number of methoxy groups -OCH3 is 1. The van der Waals surface area contributed by atoms with Gasteiger partial charge in [-0.1, -0.05) is 64.1 Å². The number of aliphatic hydroxyl groups is 2. The molecule has 0 aliphatic heterocycles. The predicted molar refractivity (Wildman–Crippen MR) is 188 cm³/mol. The molecular weight excluding hydrogens is 744 g/mol. The molecule has 4 aromatic rings. The van der Waals surface area contributed by atoms with Crippen molar-refractivity contribution >= 4 is 23.2 Å². The van der Waals surface area contributed by atoms with Crippen LogP contribution in [0, 0.1) is 11.6 Å². The Balaban J connectivity index is 0.000000296. The summed E-state index contributed by atoms with van der Waals surface area (Å²) >= 11 is 0. The summed E-state index contributed by atoms with van der Waals surface area (Å²) in [6, 6.07) is 21.1. The van der Waals surface area contributed by atoms with Crippen LogP contribution in [0.1, 0.15) is 51.7 Å². The van der Waals surface area contributed by atoms with Gasteiger partial charge in [-0.05, 0) is 71.5 Å². The van der Waals surface area contributed by atoms with E-state index in [1.165, 1.54) is 89.4 Å². The van der Waals surface area contributed by atoms with Crippen molar-refractivity contribution in [3.8, 4) is 11.5 Å². The average molecular weight is 785 g/mol. The molecule has 0 radical (unpaired) electrons. The van der Waals surface area contributed by atoms with Crippen molar-refractivity contribution in [3.63, 3.8) is 0 Å². The van der Waals surface area contributed by atoms with Crippen LogP contribution in [0.2, 0.25) is 0 Å². The lowest BCUT2D eigenvalue weighted by molar-refractivity contribution is -0.255. The maximum absolute atomic E-state index is 13.7. The van der Waals surface area contributed by atoms with Crippen LogP contribution >= 0.6 is 0 Å². The summed E-state index contributed by atoms with van der Waals surface area (Å²) < 4.78 is 114. The molecule has 16 heteroatoms. The van der Waals surface area contributed by atoms with E-state index in [-0.39, 0.29) is 28.3 Å². The zero-order valence-electron chi connectivity index (χ0n) is 30.2.